The van der Waals surface area contributed by atoms with Gasteiger partial charge in [-0.25, -0.2) is 4.79 Å². The van der Waals surface area contributed by atoms with E-state index >= 15 is 0 Å². The van der Waals surface area contributed by atoms with Crippen molar-refractivity contribution < 1.29 is 23.9 Å². The molecule has 1 saturated heterocycles. The molecule has 7 heteroatoms. The quantitative estimate of drug-likeness (QED) is 0.794. The van der Waals surface area contributed by atoms with E-state index in [9.17, 15) is 14.4 Å². The summed E-state index contributed by atoms with van der Waals surface area (Å²) in [6.45, 7) is 0.201. The molecule has 1 aromatic carbocycles. The maximum Gasteiger partial charge on any atom is 0.337 e. The maximum absolute atomic E-state index is 12.0. The van der Waals surface area contributed by atoms with Crippen LogP contribution in [0.15, 0.2) is 18.2 Å². The van der Waals surface area contributed by atoms with Crippen LogP contribution in [0.25, 0.3) is 0 Å². The highest BCUT2D eigenvalue weighted by molar-refractivity contribution is 6.31. The summed E-state index contributed by atoms with van der Waals surface area (Å²) >= 11 is 5.97. The fourth-order valence-corrected chi connectivity index (χ4v) is 2.48. The van der Waals surface area contributed by atoms with E-state index < -0.39 is 17.9 Å². The van der Waals surface area contributed by atoms with E-state index in [1.807, 2.05) is 0 Å². The number of amides is 1. The third-order valence-electron chi connectivity index (χ3n) is 3.27. The van der Waals surface area contributed by atoms with Gasteiger partial charge in [0.1, 0.15) is 0 Å². The molecule has 1 aliphatic heterocycles. The minimum absolute atomic E-state index is 0.0761. The summed E-state index contributed by atoms with van der Waals surface area (Å²) in [4.78, 5) is 36.5. The summed E-state index contributed by atoms with van der Waals surface area (Å²) < 4.78 is 9.29. The number of benzene rings is 1. The van der Waals surface area contributed by atoms with Gasteiger partial charge in [0, 0.05) is 23.7 Å². The molecule has 112 valence electrons. The monoisotopic (exact) mass is 311 g/mol. The van der Waals surface area contributed by atoms with Crippen molar-refractivity contribution in [1.29, 1.82) is 0 Å². The lowest BCUT2D eigenvalue weighted by Gasteiger charge is -2.17. The topological polar surface area (TPSA) is 72.9 Å². The van der Waals surface area contributed by atoms with Crippen LogP contribution < -0.4 is 4.90 Å². The lowest BCUT2D eigenvalue weighted by molar-refractivity contribution is -0.145. The molecule has 2 rings (SSSR count). The Morgan fingerprint density at radius 2 is 1.95 bits per heavy atom. The first-order valence-electron chi connectivity index (χ1n) is 6.23. The first-order valence-corrected chi connectivity index (χ1v) is 6.61. The first kappa shape index (κ1) is 15.3. The van der Waals surface area contributed by atoms with Crippen molar-refractivity contribution in [3.63, 3.8) is 0 Å². The van der Waals surface area contributed by atoms with Crippen LogP contribution in [0.3, 0.4) is 0 Å². The number of hydrogen-bond donors (Lipinski definition) is 0. The van der Waals surface area contributed by atoms with Crippen molar-refractivity contribution in [1.82, 2.24) is 0 Å². The summed E-state index contributed by atoms with van der Waals surface area (Å²) in [7, 11) is 2.54. The lowest BCUT2D eigenvalue weighted by atomic mass is 10.1. The molecule has 0 radical (unpaired) electrons. The number of nitrogens with zero attached hydrogens (tertiary/aromatic N) is 1. The molecule has 1 aliphatic rings. The van der Waals surface area contributed by atoms with Crippen molar-refractivity contribution in [2.24, 2.45) is 5.92 Å². The van der Waals surface area contributed by atoms with E-state index in [0.717, 1.165) is 0 Å². The molecule has 0 spiro atoms. The van der Waals surface area contributed by atoms with Crippen molar-refractivity contribution in [3.8, 4) is 0 Å². The Bertz CT molecular complexity index is 601. The molecule has 1 amide bonds. The predicted molar refractivity (Wildman–Crippen MR) is 75.3 cm³/mol. The van der Waals surface area contributed by atoms with Gasteiger partial charge >= 0.3 is 11.9 Å². The zero-order valence-corrected chi connectivity index (χ0v) is 12.3. The van der Waals surface area contributed by atoms with Crippen LogP contribution in [0.1, 0.15) is 16.8 Å². The third-order valence-corrected chi connectivity index (χ3v) is 3.49. The molecule has 1 fully saturated rings. The molecule has 1 atom stereocenters. The standard InChI is InChI=1S/C14H14ClNO5/c1-20-13(18)8-3-10(15)6-11(4-8)16-7-9(5-12(16)17)14(19)21-2/h3-4,6,9H,5,7H2,1-2H3. The Balaban J connectivity index is 2.30. The summed E-state index contributed by atoms with van der Waals surface area (Å²) in [6, 6.07) is 4.52. The van der Waals surface area contributed by atoms with Crippen molar-refractivity contribution >= 4 is 35.1 Å². The van der Waals surface area contributed by atoms with Gasteiger partial charge in [0.15, 0.2) is 0 Å². The zero-order chi connectivity index (χ0) is 15.6. The number of methoxy groups -OCH3 is 2. The van der Waals surface area contributed by atoms with Crippen molar-refractivity contribution in [2.75, 3.05) is 25.7 Å². The van der Waals surface area contributed by atoms with Crippen LogP contribution in [0.2, 0.25) is 5.02 Å². The van der Waals surface area contributed by atoms with Gasteiger partial charge in [0.2, 0.25) is 5.91 Å². The highest BCUT2D eigenvalue weighted by Gasteiger charge is 2.36. The summed E-state index contributed by atoms with van der Waals surface area (Å²) in [5, 5.41) is 0.308. The average Bonchev–Trinajstić information content (AvgIpc) is 2.86. The van der Waals surface area contributed by atoms with Gasteiger partial charge in [-0.05, 0) is 18.2 Å². The second kappa shape index (κ2) is 6.13. The molecule has 0 aliphatic carbocycles. The molecule has 0 saturated carbocycles. The zero-order valence-electron chi connectivity index (χ0n) is 11.6. The van der Waals surface area contributed by atoms with Crippen LogP contribution >= 0.6 is 11.6 Å². The molecular formula is C14H14ClNO5. The number of hydrogen-bond acceptors (Lipinski definition) is 5. The summed E-state index contributed by atoms with van der Waals surface area (Å²) in [5.74, 6) is -1.71. The number of anilines is 1. The molecule has 0 N–H and O–H groups in total. The number of halogens is 1. The van der Waals surface area contributed by atoms with Crippen molar-refractivity contribution in [3.05, 3.63) is 28.8 Å². The minimum Gasteiger partial charge on any atom is -0.469 e. The second-order valence-electron chi connectivity index (χ2n) is 4.62. The molecule has 1 unspecified atom stereocenters. The lowest BCUT2D eigenvalue weighted by Crippen LogP contribution is -2.26. The van der Waals surface area contributed by atoms with Gasteiger partial charge < -0.3 is 14.4 Å². The fourth-order valence-electron chi connectivity index (χ4n) is 2.25. The summed E-state index contributed by atoms with van der Waals surface area (Å²) in [5.41, 5.74) is 0.702. The van der Waals surface area contributed by atoms with Gasteiger partial charge in [0.05, 0.1) is 25.7 Å². The Kier molecular flexibility index (Phi) is 4.47. The molecule has 21 heavy (non-hydrogen) atoms. The molecule has 0 aromatic heterocycles. The highest BCUT2D eigenvalue weighted by Crippen LogP contribution is 2.29. The second-order valence-corrected chi connectivity index (χ2v) is 5.05. The fraction of sp³-hybridized carbons (Fsp3) is 0.357. The Morgan fingerprint density at radius 1 is 1.24 bits per heavy atom. The van der Waals surface area contributed by atoms with Gasteiger partial charge in [0.25, 0.3) is 0 Å². The van der Waals surface area contributed by atoms with Gasteiger partial charge in [-0.3, -0.25) is 9.59 Å². The number of ether oxygens (including phenoxy) is 2. The Hall–Kier alpha value is -2.08. The average molecular weight is 312 g/mol. The number of carbonyl (C=O) groups is 3. The molecule has 1 aromatic rings. The maximum atomic E-state index is 12.0. The molecular weight excluding hydrogens is 298 g/mol. The van der Waals surface area contributed by atoms with Crippen LogP contribution in [-0.4, -0.2) is 38.6 Å². The Labute approximate surface area is 126 Å². The number of rotatable bonds is 3. The smallest absolute Gasteiger partial charge is 0.337 e. The van der Waals surface area contributed by atoms with Crippen LogP contribution in [0, 0.1) is 5.92 Å². The van der Waals surface area contributed by atoms with E-state index in [2.05, 4.69) is 9.47 Å². The molecule has 1 heterocycles. The van der Waals surface area contributed by atoms with E-state index in [-0.39, 0.29) is 24.4 Å². The number of carbonyl (C=O) groups excluding carboxylic acids is 3. The van der Waals surface area contributed by atoms with Crippen LogP contribution in [0.5, 0.6) is 0 Å². The molecule has 6 nitrogen and oxygen atoms in total. The van der Waals surface area contributed by atoms with Crippen molar-refractivity contribution in [2.45, 2.75) is 6.42 Å². The van der Waals surface area contributed by atoms with Crippen LogP contribution in [-0.2, 0) is 19.1 Å². The van der Waals surface area contributed by atoms with E-state index in [1.54, 1.807) is 6.07 Å². The van der Waals surface area contributed by atoms with Gasteiger partial charge in [-0.1, -0.05) is 11.6 Å². The first-order chi connectivity index (χ1) is 9.96. The normalized spacial score (nSPS) is 17.8. The number of esters is 2. The minimum atomic E-state index is -0.546. The van der Waals surface area contributed by atoms with Gasteiger partial charge in [-0.15, -0.1) is 0 Å². The third kappa shape index (κ3) is 3.16. The molecule has 0 bridgehead atoms. The van der Waals surface area contributed by atoms with E-state index in [4.69, 9.17) is 11.6 Å². The van der Waals surface area contributed by atoms with E-state index in [0.29, 0.717) is 10.7 Å². The predicted octanol–water partition coefficient (Wildman–Crippen LogP) is 1.65. The van der Waals surface area contributed by atoms with Crippen LogP contribution in [0.4, 0.5) is 5.69 Å². The Morgan fingerprint density at radius 3 is 2.57 bits per heavy atom. The summed E-state index contributed by atoms with van der Waals surface area (Å²) in [6.07, 6.45) is 0.0761. The highest BCUT2D eigenvalue weighted by atomic mass is 35.5. The van der Waals surface area contributed by atoms with Gasteiger partial charge in [-0.2, -0.15) is 0 Å². The SMILES string of the molecule is COC(=O)c1cc(Cl)cc(N2CC(C(=O)OC)CC2=O)c1. The van der Waals surface area contributed by atoms with E-state index in [1.165, 1.54) is 31.3 Å². The largest absolute Gasteiger partial charge is 0.469 e.